The van der Waals surface area contributed by atoms with Crippen LogP contribution in [0, 0.1) is 0 Å². The molecule has 0 spiro atoms. The molecule has 0 aliphatic carbocycles. The summed E-state index contributed by atoms with van der Waals surface area (Å²) < 4.78 is 16.6. The standard InChI is InChI=1S/C14H20O3/c1-9-8-14(2,3)17-11-7-13(16-5)12(15-4)6-10(9)11/h6-7,9H,8H2,1-5H3. The Balaban J connectivity index is 2.50. The van der Waals surface area contributed by atoms with Gasteiger partial charge in [0.1, 0.15) is 11.4 Å². The third-order valence-corrected chi connectivity index (χ3v) is 3.23. The van der Waals surface area contributed by atoms with Crippen molar-refractivity contribution in [2.45, 2.75) is 38.7 Å². The summed E-state index contributed by atoms with van der Waals surface area (Å²) in [6, 6.07) is 3.94. The van der Waals surface area contributed by atoms with Crippen LogP contribution in [-0.4, -0.2) is 19.8 Å². The molecular weight excluding hydrogens is 216 g/mol. The monoisotopic (exact) mass is 236 g/mol. The van der Waals surface area contributed by atoms with Crippen molar-refractivity contribution in [1.29, 1.82) is 0 Å². The van der Waals surface area contributed by atoms with E-state index in [0.717, 1.165) is 23.7 Å². The summed E-state index contributed by atoms with van der Waals surface area (Å²) >= 11 is 0. The number of fused-ring (bicyclic) bond motifs is 1. The van der Waals surface area contributed by atoms with Gasteiger partial charge in [0.05, 0.1) is 14.2 Å². The maximum Gasteiger partial charge on any atom is 0.164 e. The van der Waals surface area contributed by atoms with E-state index < -0.39 is 0 Å². The van der Waals surface area contributed by atoms with Gasteiger partial charge in [-0.05, 0) is 32.3 Å². The highest BCUT2D eigenvalue weighted by atomic mass is 16.5. The van der Waals surface area contributed by atoms with Crippen LogP contribution in [0.4, 0.5) is 0 Å². The van der Waals surface area contributed by atoms with Gasteiger partial charge in [0, 0.05) is 11.6 Å². The van der Waals surface area contributed by atoms with E-state index >= 15 is 0 Å². The van der Waals surface area contributed by atoms with Gasteiger partial charge in [-0.2, -0.15) is 0 Å². The molecule has 17 heavy (non-hydrogen) atoms. The molecule has 0 radical (unpaired) electrons. The Kier molecular flexibility index (Phi) is 2.94. The van der Waals surface area contributed by atoms with Crippen LogP contribution in [0.5, 0.6) is 17.2 Å². The molecule has 1 aliphatic rings. The Hall–Kier alpha value is -1.38. The SMILES string of the molecule is COc1cc2c(cc1OC)C(C)CC(C)(C)O2. The smallest absolute Gasteiger partial charge is 0.164 e. The van der Waals surface area contributed by atoms with Gasteiger partial charge in [0.15, 0.2) is 11.5 Å². The second-order valence-electron chi connectivity index (χ2n) is 5.21. The molecule has 0 fully saturated rings. The van der Waals surface area contributed by atoms with Gasteiger partial charge in [-0.1, -0.05) is 6.92 Å². The van der Waals surface area contributed by atoms with Crippen LogP contribution < -0.4 is 14.2 Å². The molecule has 94 valence electrons. The van der Waals surface area contributed by atoms with Gasteiger partial charge >= 0.3 is 0 Å². The maximum absolute atomic E-state index is 6.00. The van der Waals surface area contributed by atoms with Crippen LogP contribution in [0.2, 0.25) is 0 Å². The molecule has 2 rings (SSSR count). The first-order chi connectivity index (χ1) is 7.96. The summed E-state index contributed by atoms with van der Waals surface area (Å²) in [4.78, 5) is 0. The minimum atomic E-state index is -0.119. The van der Waals surface area contributed by atoms with E-state index in [1.165, 1.54) is 5.56 Å². The quantitative estimate of drug-likeness (QED) is 0.788. The normalized spacial score (nSPS) is 21.4. The van der Waals surface area contributed by atoms with Gasteiger partial charge in [-0.3, -0.25) is 0 Å². The molecule has 0 N–H and O–H groups in total. The molecule has 3 nitrogen and oxygen atoms in total. The second-order valence-corrected chi connectivity index (χ2v) is 5.21. The van der Waals surface area contributed by atoms with Crippen molar-refractivity contribution in [3.8, 4) is 17.2 Å². The number of rotatable bonds is 2. The fourth-order valence-corrected chi connectivity index (χ4v) is 2.54. The molecular formula is C14H20O3. The summed E-state index contributed by atoms with van der Waals surface area (Å²) in [6.07, 6.45) is 1.01. The van der Waals surface area contributed by atoms with Crippen molar-refractivity contribution in [2.24, 2.45) is 0 Å². The van der Waals surface area contributed by atoms with Gasteiger partial charge in [-0.15, -0.1) is 0 Å². The zero-order valence-electron chi connectivity index (χ0n) is 11.2. The average Bonchev–Trinajstić information content (AvgIpc) is 2.26. The van der Waals surface area contributed by atoms with Crippen LogP contribution in [0.25, 0.3) is 0 Å². The zero-order valence-corrected chi connectivity index (χ0v) is 11.2. The Bertz CT molecular complexity index is 424. The van der Waals surface area contributed by atoms with Crippen molar-refractivity contribution >= 4 is 0 Å². The summed E-state index contributed by atoms with van der Waals surface area (Å²) in [5, 5.41) is 0. The van der Waals surface area contributed by atoms with Gasteiger partial charge in [0.2, 0.25) is 0 Å². The molecule has 0 bridgehead atoms. The fraction of sp³-hybridized carbons (Fsp3) is 0.571. The van der Waals surface area contributed by atoms with E-state index in [4.69, 9.17) is 14.2 Å². The van der Waals surface area contributed by atoms with E-state index in [1.807, 2.05) is 12.1 Å². The van der Waals surface area contributed by atoms with Crippen molar-refractivity contribution in [1.82, 2.24) is 0 Å². The third-order valence-electron chi connectivity index (χ3n) is 3.23. The Morgan fingerprint density at radius 2 is 1.76 bits per heavy atom. The van der Waals surface area contributed by atoms with E-state index in [2.05, 4.69) is 20.8 Å². The second kappa shape index (κ2) is 4.13. The van der Waals surface area contributed by atoms with Crippen molar-refractivity contribution < 1.29 is 14.2 Å². The molecule has 3 heteroatoms. The van der Waals surface area contributed by atoms with Crippen LogP contribution in [0.3, 0.4) is 0 Å². The lowest BCUT2D eigenvalue weighted by Gasteiger charge is -2.36. The van der Waals surface area contributed by atoms with E-state index in [-0.39, 0.29) is 5.60 Å². The third kappa shape index (κ3) is 2.19. The Morgan fingerprint density at radius 1 is 1.18 bits per heavy atom. The first kappa shape index (κ1) is 12.1. The molecule has 1 atom stereocenters. The Labute approximate surface area is 103 Å². The fourth-order valence-electron chi connectivity index (χ4n) is 2.54. The maximum atomic E-state index is 6.00. The van der Waals surface area contributed by atoms with Crippen molar-refractivity contribution in [2.75, 3.05) is 14.2 Å². The van der Waals surface area contributed by atoms with E-state index in [9.17, 15) is 0 Å². The van der Waals surface area contributed by atoms with Gasteiger partial charge < -0.3 is 14.2 Å². The summed E-state index contributed by atoms with van der Waals surface area (Å²) in [5.74, 6) is 2.86. The summed E-state index contributed by atoms with van der Waals surface area (Å²) in [6.45, 7) is 6.45. The van der Waals surface area contributed by atoms with Gasteiger partial charge in [-0.25, -0.2) is 0 Å². The van der Waals surface area contributed by atoms with Crippen LogP contribution >= 0.6 is 0 Å². The molecule has 1 aliphatic heterocycles. The van der Waals surface area contributed by atoms with Crippen LogP contribution in [-0.2, 0) is 0 Å². The number of hydrogen-bond donors (Lipinski definition) is 0. The highest BCUT2D eigenvalue weighted by Gasteiger charge is 2.32. The average molecular weight is 236 g/mol. The van der Waals surface area contributed by atoms with Crippen molar-refractivity contribution in [3.63, 3.8) is 0 Å². The topological polar surface area (TPSA) is 27.7 Å². The molecule has 1 heterocycles. The molecule has 1 aromatic rings. The highest BCUT2D eigenvalue weighted by Crippen LogP contribution is 2.45. The predicted octanol–water partition coefficient (Wildman–Crippen LogP) is 3.37. The lowest BCUT2D eigenvalue weighted by atomic mass is 9.85. The van der Waals surface area contributed by atoms with Crippen molar-refractivity contribution in [3.05, 3.63) is 17.7 Å². The highest BCUT2D eigenvalue weighted by molar-refractivity contribution is 5.52. The summed E-state index contributed by atoms with van der Waals surface area (Å²) in [5.41, 5.74) is 1.08. The summed E-state index contributed by atoms with van der Waals surface area (Å²) in [7, 11) is 3.30. The van der Waals surface area contributed by atoms with Crippen LogP contribution in [0.15, 0.2) is 12.1 Å². The first-order valence-corrected chi connectivity index (χ1v) is 5.92. The van der Waals surface area contributed by atoms with Crippen LogP contribution in [0.1, 0.15) is 38.7 Å². The minimum absolute atomic E-state index is 0.119. The van der Waals surface area contributed by atoms with E-state index in [0.29, 0.717) is 5.92 Å². The lowest BCUT2D eigenvalue weighted by Crippen LogP contribution is -2.34. The molecule has 0 saturated heterocycles. The zero-order chi connectivity index (χ0) is 12.6. The predicted molar refractivity (Wildman–Crippen MR) is 67.3 cm³/mol. The minimum Gasteiger partial charge on any atom is -0.493 e. The lowest BCUT2D eigenvalue weighted by molar-refractivity contribution is 0.0740. The number of ether oxygens (including phenoxy) is 3. The number of benzene rings is 1. The Morgan fingerprint density at radius 3 is 2.35 bits per heavy atom. The van der Waals surface area contributed by atoms with Gasteiger partial charge in [0.25, 0.3) is 0 Å². The molecule has 0 aromatic heterocycles. The number of methoxy groups -OCH3 is 2. The molecule has 0 amide bonds. The number of hydrogen-bond acceptors (Lipinski definition) is 3. The van der Waals surface area contributed by atoms with E-state index in [1.54, 1.807) is 14.2 Å². The first-order valence-electron chi connectivity index (χ1n) is 5.92. The molecule has 1 unspecified atom stereocenters. The largest absolute Gasteiger partial charge is 0.493 e. The molecule has 0 saturated carbocycles. The molecule has 1 aromatic carbocycles.